The van der Waals surface area contributed by atoms with Gasteiger partial charge in [0.1, 0.15) is 6.04 Å². The van der Waals surface area contributed by atoms with E-state index in [9.17, 15) is 9.59 Å². The first-order valence-corrected chi connectivity index (χ1v) is 7.15. The van der Waals surface area contributed by atoms with Gasteiger partial charge in [-0.15, -0.1) is 0 Å². The smallest absolute Gasteiger partial charge is 0.239 e. The molecule has 2 amide bonds. The van der Waals surface area contributed by atoms with E-state index in [1.54, 1.807) is 11.9 Å². The fraction of sp³-hybridized carbons (Fsp3) is 0.429. The van der Waals surface area contributed by atoms with Crippen molar-refractivity contribution in [3.8, 4) is 0 Å². The van der Waals surface area contributed by atoms with Crippen molar-refractivity contribution in [2.75, 3.05) is 13.6 Å². The Morgan fingerprint density at radius 3 is 2.55 bits per heavy atom. The van der Waals surface area contributed by atoms with Gasteiger partial charge in [0.05, 0.1) is 6.54 Å². The minimum atomic E-state index is -0.634. The molecule has 0 aliphatic rings. The van der Waals surface area contributed by atoms with Crippen LogP contribution in [0.4, 0.5) is 0 Å². The van der Waals surface area contributed by atoms with Crippen LogP contribution in [-0.2, 0) is 9.59 Å². The van der Waals surface area contributed by atoms with Crippen LogP contribution in [0.2, 0.25) is 0 Å². The van der Waals surface area contributed by atoms with Gasteiger partial charge in [-0.05, 0) is 38.6 Å². The molecule has 0 aromatic heterocycles. The van der Waals surface area contributed by atoms with E-state index in [1.165, 1.54) is 0 Å². The van der Waals surface area contributed by atoms with Crippen molar-refractivity contribution in [3.63, 3.8) is 0 Å². The van der Waals surface area contributed by atoms with Crippen molar-refractivity contribution in [2.45, 2.75) is 25.9 Å². The zero-order valence-corrected chi connectivity index (χ0v) is 13.5. The van der Waals surface area contributed by atoms with Gasteiger partial charge in [0.2, 0.25) is 11.8 Å². The van der Waals surface area contributed by atoms with E-state index >= 15 is 0 Å². The van der Waals surface area contributed by atoms with Crippen LogP contribution in [0.3, 0.4) is 0 Å². The zero-order chi connectivity index (χ0) is 15.3. The van der Waals surface area contributed by atoms with Gasteiger partial charge in [0.25, 0.3) is 0 Å². The third kappa shape index (κ3) is 4.94. The lowest BCUT2D eigenvalue weighted by molar-refractivity contribution is -0.126. The first-order valence-electron chi connectivity index (χ1n) is 6.35. The molecule has 3 N–H and O–H groups in total. The molecule has 110 valence electrons. The van der Waals surface area contributed by atoms with Crippen LogP contribution in [-0.4, -0.2) is 36.3 Å². The maximum Gasteiger partial charge on any atom is 0.239 e. The quantitative estimate of drug-likeness (QED) is 0.821. The molecule has 1 aromatic carbocycles. The summed E-state index contributed by atoms with van der Waals surface area (Å²) in [6.45, 7) is 3.88. The van der Waals surface area contributed by atoms with Gasteiger partial charge in [0.15, 0.2) is 0 Å². The summed E-state index contributed by atoms with van der Waals surface area (Å²) in [6.07, 6.45) is 0. The average molecular weight is 342 g/mol. The minimum absolute atomic E-state index is 0.0637. The summed E-state index contributed by atoms with van der Waals surface area (Å²) in [6, 6.07) is 6.77. The monoisotopic (exact) mass is 341 g/mol. The molecule has 0 bridgehead atoms. The lowest BCUT2D eigenvalue weighted by Crippen LogP contribution is -2.43. The number of likely N-dealkylation sites (N-methyl/N-ethyl adjacent to an activating group) is 1. The number of benzene rings is 1. The van der Waals surface area contributed by atoms with E-state index in [0.29, 0.717) is 0 Å². The molecule has 0 saturated heterocycles. The van der Waals surface area contributed by atoms with E-state index in [-0.39, 0.29) is 18.5 Å². The molecule has 0 radical (unpaired) electrons. The number of carbonyl (C=O) groups is 2. The molecule has 0 spiro atoms. The van der Waals surface area contributed by atoms with Crippen molar-refractivity contribution in [1.29, 1.82) is 0 Å². The van der Waals surface area contributed by atoms with Gasteiger partial charge < -0.3 is 11.1 Å². The normalized spacial score (nSPS) is 12.5. The maximum absolute atomic E-state index is 11.8. The Morgan fingerprint density at radius 2 is 2.05 bits per heavy atom. The third-order valence-corrected chi connectivity index (χ3v) is 3.21. The molecule has 0 heterocycles. The van der Waals surface area contributed by atoms with Gasteiger partial charge in [-0.3, -0.25) is 14.5 Å². The maximum atomic E-state index is 11.8. The summed E-state index contributed by atoms with van der Waals surface area (Å²) in [7, 11) is 1.70. The van der Waals surface area contributed by atoms with E-state index < -0.39 is 11.9 Å². The van der Waals surface area contributed by atoms with Gasteiger partial charge in [-0.2, -0.15) is 0 Å². The SMILES string of the molecule is CC(C)NC(=O)CN(C)[C@@H](C(N)=O)c1cccc(Br)c1. The first-order chi connectivity index (χ1) is 9.31. The first kappa shape index (κ1) is 16.7. The molecular formula is C14H20BrN3O2. The molecular weight excluding hydrogens is 322 g/mol. The molecule has 1 aromatic rings. The molecule has 0 aliphatic heterocycles. The Balaban J connectivity index is 2.86. The van der Waals surface area contributed by atoms with Crippen LogP contribution in [0, 0.1) is 0 Å². The van der Waals surface area contributed by atoms with Crippen molar-refractivity contribution >= 4 is 27.7 Å². The topological polar surface area (TPSA) is 75.4 Å². The lowest BCUT2D eigenvalue weighted by atomic mass is 10.1. The fourth-order valence-corrected chi connectivity index (χ4v) is 2.42. The Morgan fingerprint density at radius 1 is 1.40 bits per heavy atom. The predicted molar refractivity (Wildman–Crippen MR) is 82.0 cm³/mol. The van der Waals surface area contributed by atoms with E-state index in [2.05, 4.69) is 21.2 Å². The second kappa shape index (κ2) is 7.40. The molecule has 0 fully saturated rings. The van der Waals surface area contributed by atoms with Gasteiger partial charge in [-0.1, -0.05) is 28.1 Å². The van der Waals surface area contributed by atoms with Crippen LogP contribution < -0.4 is 11.1 Å². The summed E-state index contributed by atoms with van der Waals surface area (Å²) in [4.78, 5) is 25.1. The molecule has 5 nitrogen and oxygen atoms in total. The molecule has 0 aliphatic carbocycles. The lowest BCUT2D eigenvalue weighted by Gasteiger charge is -2.25. The summed E-state index contributed by atoms with van der Waals surface area (Å²) >= 11 is 3.36. The van der Waals surface area contributed by atoms with Crippen LogP contribution in [0.15, 0.2) is 28.7 Å². The average Bonchev–Trinajstić information content (AvgIpc) is 2.26. The predicted octanol–water partition coefficient (Wildman–Crippen LogP) is 1.43. The number of amides is 2. The van der Waals surface area contributed by atoms with Gasteiger partial charge in [-0.25, -0.2) is 0 Å². The molecule has 1 rings (SSSR count). The highest BCUT2D eigenvalue weighted by Gasteiger charge is 2.24. The molecule has 20 heavy (non-hydrogen) atoms. The van der Waals surface area contributed by atoms with E-state index in [4.69, 9.17) is 5.73 Å². The Bertz CT molecular complexity index is 491. The minimum Gasteiger partial charge on any atom is -0.368 e. The number of nitrogens with zero attached hydrogens (tertiary/aromatic N) is 1. The summed E-state index contributed by atoms with van der Waals surface area (Å²) in [5.74, 6) is -0.619. The number of hydrogen-bond acceptors (Lipinski definition) is 3. The summed E-state index contributed by atoms with van der Waals surface area (Å²) in [5, 5.41) is 2.79. The Labute approximate surface area is 127 Å². The third-order valence-electron chi connectivity index (χ3n) is 2.72. The summed E-state index contributed by atoms with van der Waals surface area (Å²) in [5.41, 5.74) is 6.23. The Hall–Kier alpha value is -1.40. The van der Waals surface area contributed by atoms with Crippen molar-refractivity contribution in [2.24, 2.45) is 5.73 Å². The number of primary amides is 1. The van der Waals surface area contributed by atoms with Crippen LogP contribution >= 0.6 is 15.9 Å². The molecule has 0 saturated carbocycles. The van der Waals surface area contributed by atoms with Crippen LogP contribution in [0.1, 0.15) is 25.5 Å². The van der Waals surface area contributed by atoms with Crippen LogP contribution in [0.25, 0.3) is 0 Å². The van der Waals surface area contributed by atoms with E-state index in [0.717, 1.165) is 10.0 Å². The second-order valence-corrected chi connectivity index (χ2v) is 5.91. The number of rotatable bonds is 6. The number of hydrogen-bond donors (Lipinski definition) is 2. The highest BCUT2D eigenvalue weighted by molar-refractivity contribution is 9.10. The van der Waals surface area contributed by atoms with Gasteiger partial charge >= 0.3 is 0 Å². The number of nitrogens with two attached hydrogens (primary N) is 1. The molecule has 1 atom stereocenters. The largest absolute Gasteiger partial charge is 0.368 e. The van der Waals surface area contributed by atoms with Crippen LogP contribution in [0.5, 0.6) is 0 Å². The molecule has 6 heteroatoms. The van der Waals surface area contributed by atoms with Crippen molar-refractivity contribution in [1.82, 2.24) is 10.2 Å². The van der Waals surface area contributed by atoms with Crippen molar-refractivity contribution in [3.05, 3.63) is 34.3 Å². The number of halogens is 1. The van der Waals surface area contributed by atoms with Crippen molar-refractivity contribution < 1.29 is 9.59 Å². The Kier molecular flexibility index (Phi) is 6.16. The molecule has 0 unspecified atom stereocenters. The van der Waals surface area contributed by atoms with E-state index in [1.807, 2.05) is 38.1 Å². The highest BCUT2D eigenvalue weighted by atomic mass is 79.9. The fourth-order valence-electron chi connectivity index (χ4n) is 2.00. The standard InChI is InChI=1S/C14H20BrN3O2/c1-9(2)17-12(19)8-18(3)13(14(16)20)10-5-4-6-11(15)7-10/h4-7,9,13H,8H2,1-3H3,(H2,16,20)(H,17,19)/t13-/m1/s1. The number of carbonyl (C=O) groups excluding carboxylic acids is 2. The number of nitrogens with one attached hydrogen (secondary N) is 1. The second-order valence-electron chi connectivity index (χ2n) is 5.00. The zero-order valence-electron chi connectivity index (χ0n) is 11.9. The summed E-state index contributed by atoms with van der Waals surface area (Å²) < 4.78 is 0.862. The highest BCUT2D eigenvalue weighted by Crippen LogP contribution is 2.22. The van der Waals surface area contributed by atoms with Gasteiger partial charge in [0, 0.05) is 10.5 Å².